The van der Waals surface area contributed by atoms with Crippen molar-refractivity contribution in [1.29, 1.82) is 0 Å². The van der Waals surface area contributed by atoms with Gasteiger partial charge in [0.25, 0.3) is 0 Å². The summed E-state index contributed by atoms with van der Waals surface area (Å²) < 4.78 is 15.2. The molecule has 1 aromatic heterocycles. The Morgan fingerprint density at radius 2 is 2.19 bits per heavy atom. The molecule has 1 heterocycles. The minimum absolute atomic E-state index is 0.0287. The van der Waals surface area contributed by atoms with E-state index >= 15 is 0 Å². The zero-order valence-corrected chi connectivity index (χ0v) is 9.39. The quantitative estimate of drug-likeness (QED) is 0.762. The summed E-state index contributed by atoms with van der Waals surface area (Å²) in [6.45, 7) is 3.13. The molecule has 0 bridgehead atoms. The smallest absolute Gasteiger partial charge is 0.329 e. The topological polar surface area (TPSA) is 94.7 Å². The van der Waals surface area contributed by atoms with E-state index in [2.05, 4.69) is 10.2 Å². The normalized spacial score (nSPS) is 11.7. The molecule has 0 spiro atoms. The van der Waals surface area contributed by atoms with Crippen LogP contribution in [0.1, 0.15) is 25.6 Å². The van der Waals surface area contributed by atoms with Crippen LogP contribution >= 0.6 is 0 Å². The summed E-state index contributed by atoms with van der Waals surface area (Å²) in [7, 11) is 1.53. The number of nitrogens with zero attached hydrogens (tertiary/aromatic N) is 2. The number of carbonyl (C=O) groups is 1. The Labute approximate surface area is 92.4 Å². The van der Waals surface area contributed by atoms with Crippen LogP contribution < -0.4 is 0 Å². The highest BCUT2D eigenvalue weighted by Gasteiger charge is 2.26. The molecule has 1 aromatic rings. The molecule has 0 aliphatic rings. The summed E-state index contributed by atoms with van der Waals surface area (Å²) in [6, 6.07) is 0. The Kier molecular flexibility index (Phi) is 3.97. The molecule has 1 rings (SSSR count). The number of hydrogen-bond donors (Lipinski definition) is 1. The minimum Gasteiger partial charge on any atom is -0.480 e. The second-order valence-corrected chi connectivity index (χ2v) is 3.60. The highest BCUT2D eigenvalue weighted by Crippen LogP contribution is 2.22. The van der Waals surface area contributed by atoms with Gasteiger partial charge in [0.1, 0.15) is 18.8 Å². The highest BCUT2D eigenvalue weighted by atomic mass is 16.5. The Bertz CT molecular complexity index is 361. The van der Waals surface area contributed by atoms with Gasteiger partial charge in [-0.1, -0.05) is 0 Å². The van der Waals surface area contributed by atoms with Crippen molar-refractivity contribution in [3.05, 3.63) is 11.8 Å². The molecular formula is C9H14N2O5. The average molecular weight is 230 g/mol. The molecule has 0 aliphatic heterocycles. The van der Waals surface area contributed by atoms with Crippen LogP contribution in [-0.2, 0) is 26.5 Å². The number of carboxylic acids is 1. The Morgan fingerprint density at radius 3 is 2.75 bits per heavy atom. The lowest BCUT2D eigenvalue weighted by molar-refractivity contribution is -0.142. The fourth-order valence-corrected chi connectivity index (χ4v) is 0.868. The highest BCUT2D eigenvalue weighted by molar-refractivity contribution is 5.67. The second-order valence-electron chi connectivity index (χ2n) is 3.60. The van der Waals surface area contributed by atoms with E-state index in [0.717, 1.165) is 0 Å². The van der Waals surface area contributed by atoms with E-state index in [0.29, 0.717) is 5.89 Å². The predicted molar refractivity (Wildman–Crippen MR) is 51.6 cm³/mol. The third kappa shape index (κ3) is 3.28. The lowest BCUT2D eigenvalue weighted by Crippen LogP contribution is -2.19. The molecule has 16 heavy (non-hydrogen) atoms. The maximum absolute atomic E-state index is 10.2. The molecule has 0 aromatic carbocycles. The standard InChI is InChI=1S/C9H14N2O5/c1-9(2,14-3)8-11-10-6(16-8)4-15-5-7(12)13/h4-5H2,1-3H3,(H,12,13). The van der Waals surface area contributed by atoms with Gasteiger partial charge in [-0.05, 0) is 13.8 Å². The van der Waals surface area contributed by atoms with Crippen LogP contribution in [-0.4, -0.2) is 35.0 Å². The van der Waals surface area contributed by atoms with Gasteiger partial charge in [-0.2, -0.15) is 0 Å². The van der Waals surface area contributed by atoms with E-state index in [9.17, 15) is 4.79 Å². The Hall–Kier alpha value is -1.47. The summed E-state index contributed by atoms with van der Waals surface area (Å²) in [6.07, 6.45) is 0. The summed E-state index contributed by atoms with van der Waals surface area (Å²) in [4.78, 5) is 10.2. The molecule has 7 nitrogen and oxygen atoms in total. The monoisotopic (exact) mass is 230 g/mol. The van der Waals surface area contributed by atoms with Gasteiger partial charge in [0.2, 0.25) is 11.8 Å². The van der Waals surface area contributed by atoms with E-state index < -0.39 is 18.2 Å². The van der Waals surface area contributed by atoms with Gasteiger partial charge in [-0.25, -0.2) is 4.79 Å². The molecule has 0 aliphatic carbocycles. The van der Waals surface area contributed by atoms with Crippen LogP contribution in [0.3, 0.4) is 0 Å². The zero-order valence-electron chi connectivity index (χ0n) is 9.39. The van der Waals surface area contributed by atoms with Gasteiger partial charge in [0.05, 0.1) is 0 Å². The summed E-state index contributed by atoms with van der Waals surface area (Å²) in [5.41, 5.74) is -0.669. The lowest BCUT2D eigenvalue weighted by atomic mass is 10.1. The lowest BCUT2D eigenvalue weighted by Gasteiger charge is -2.17. The zero-order chi connectivity index (χ0) is 12.2. The third-order valence-electron chi connectivity index (χ3n) is 1.94. The van der Waals surface area contributed by atoms with Crippen molar-refractivity contribution in [3.8, 4) is 0 Å². The first-order valence-electron chi connectivity index (χ1n) is 4.63. The van der Waals surface area contributed by atoms with Gasteiger partial charge in [0, 0.05) is 7.11 Å². The van der Waals surface area contributed by atoms with Gasteiger partial charge in [-0.15, -0.1) is 10.2 Å². The van der Waals surface area contributed by atoms with Crippen molar-refractivity contribution >= 4 is 5.97 Å². The molecule has 0 saturated carbocycles. The van der Waals surface area contributed by atoms with Crippen LogP contribution in [0.15, 0.2) is 4.42 Å². The fraction of sp³-hybridized carbons (Fsp3) is 0.667. The molecule has 0 unspecified atom stereocenters. The minimum atomic E-state index is -1.04. The summed E-state index contributed by atoms with van der Waals surface area (Å²) in [5.74, 6) is -0.498. The van der Waals surface area contributed by atoms with E-state index in [4.69, 9.17) is 19.0 Å². The van der Waals surface area contributed by atoms with Gasteiger partial charge < -0.3 is 19.0 Å². The molecule has 0 saturated heterocycles. The fourth-order valence-electron chi connectivity index (χ4n) is 0.868. The first kappa shape index (κ1) is 12.6. The number of carboxylic acid groups (broad SMARTS) is 1. The third-order valence-corrected chi connectivity index (χ3v) is 1.94. The van der Waals surface area contributed by atoms with Crippen LogP contribution in [0.2, 0.25) is 0 Å². The van der Waals surface area contributed by atoms with Crippen molar-refractivity contribution in [2.75, 3.05) is 13.7 Å². The molecule has 0 fully saturated rings. The molecule has 90 valence electrons. The Morgan fingerprint density at radius 1 is 1.50 bits per heavy atom. The van der Waals surface area contributed by atoms with Crippen LogP contribution in [0.5, 0.6) is 0 Å². The van der Waals surface area contributed by atoms with Crippen molar-refractivity contribution in [3.63, 3.8) is 0 Å². The summed E-state index contributed by atoms with van der Waals surface area (Å²) in [5, 5.41) is 15.9. The van der Waals surface area contributed by atoms with Crippen molar-refractivity contribution in [1.82, 2.24) is 10.2 Å². The SMILES string of the molecule is COC(C)(C)c1nnc(COCC(=O)O)o1. The number of aromatic nitrogens is 2. The number of methoxy groups -OCH3 is 1. The maximum Gasteiger partial charge on any atom is 0.329 e. The van der Waals surface area contributed by atoms with Crippen LogP contribution in [0.4, 0.5) is 0 Å². The Balaban J connectivity index is 2.55. The first-order chi connectivity index (χ1) is 7.45. The van der Waals surface area contributed by atoms with Crippen molar-refractivity contribution in [2.45, 2.75) is 26.1 Å². The van der Waals surface area contributed by atoms with Gasteiger partial charge >= 0.3 is 5.97 Å². The number of ether oxygens (including phenoxy) is 2. The predicted octanol–water partition coefficient (Wildman–Crippen LogP) is 0.552. The van der Waals surface area contributed by atoms with Gasteiger partial charge in [0.15, 0.2) is 0 Å². The van der Waals surface area contributed by atoms with Crippen molar-refractivity contribution in [2.24, 2.45) is 0 Å². The number of aliphatic carboxylic acids is 1. The average Bonchev–Trinajstić information content (AvgIpc) is 2.66. The van der Waals surface area contributed by atoms with Gasteiger partial charge in [-0.3, -0.25) is 0 Å². The first-order valence-corrected chi connectivity index (χ1v) is 4.63. The van der Waals surface area contributed by atoms with E-state index in [-0.39, 0.29) is 12.5 Å². The number of hydrogen-bond acceptors (Lipinski definition) is 6. The summed E-state index contributed by atoms with van der Waals surface area (Å²) >= 11 is 0. The van der Waals surface area contributed by atoms with Crippen molar-refractivity contribution < 1.29 is 23.8 Å². The molecule has 1 N–H and O–H groups in total. The van der Waals surface area contributed by atoms with Crippen LogP contribution in [0, 0.1) is 0 Å². The molecule has 7 heteroatoms. The van der Waals surface area contributed by atoms with Crippen LogP contribution in [0.25, 0.3) is 0 Å². The molecule has 0 radical (unpaired) electrons. The largest absolute Gasteiger partial charge is 0.480 e. The molecule has 0 amide bonds. The maximum atomic E-state index is 10.2. The second kappa shape index (κ2) is 5.04. The van der Waals surface area contributed by atoms with E-state index in [1.165, 1.54) is 7.11 Å². The van der Waals surface area contributed by atoms with E-state index in [1.807, 2.05) is 0 Å². The van der Waals surface area contributed by atoms with E-state index in [1.54, 1.807) is 13.8 Å². The number of rotatable bonds is 6. The molecular weight excluding hydrogens is 216 g/mol. The molecule has 0 atom stereocenters.